The van der Waals surface area contributed by atoms with Crippen molar-refractivity contribution in [3.05, 3.63) is 69.5 Å². The molecule has 168 valence electrons. The molecule has 0 saturated heterocycles. The molecular formula is C21H16Cl2F3N3O3. The highest BCUT2D eigenvalue weighted by Gasteiger charge is 2.40. The number of aromatic nitrogens is 2. The highest BCUT2D eigenvalue weighted by atomic mass is 35.5. The van der Waals surface area contributed by atoms with Gasteiger partial charge in [-0.2, -0.15) is 18.3 Å². The van der Waals surface area contributed by atoms with Crippen LogP contribution in [0.5, 0.6) is 11.5 Å². The summed E-state index contributed by atoms with van der Waals surface area (Å²) in [6.45, 7) is 0.825. The van der Waals surface area contributed by atoms with E-state index in [2.05, 4.69) is 10.4 Å². The zero-order valence-corrected chi connectivity index (χ0v) is 17.9. The number of nitrogens with one attached hydrogen (secondary N) is 1. The maximum Gasteiger partial charge on any atom is 0.434 e. The van der Waals surface area contributed by atoms with Gasteiger partial charge in [-0.1, -0.05) is 29.3 Å². The number of carbonyl (C=O) groups excluding carboxylic acids is 1. The molecule has 0 fully saturated rings. The molecule has 1 aromatic heterocycles. The first-order valence-electron chi connectivity index (χ1n) is 9.51. The third kappa shape index (κ3) is 4.63. The molecule has 6 nitrogen and oxygen atoms in total. The number of alkyl halides is 3. The molecule has 0 bridgehead atoms. The molecule has 32 heavy (non-hydrogen) atoms. The van der Waals surface area contributed by atoms with Crippen molar-refractivity contribution in [3.63, 3.8) is 0 Å². The van der Waals surface area contributed by atoms with Crippen LogP contribution in [0.25, 0.3) is 5.69 Å². The van der Waals surface area contributed by atoms with Crippen LogP contribution in [0.4, 0.5) is 13.2 Å². The summed E-state index contributed by atoms with van der Waals surface area (Å²) in [6.07, 6.45) is -3.27. The number of carbonyl (C=O) groups is 1. The topological polar surface area (TPSA) is 65.4 Å². The van der Waals surface area contributed by atoms with E-state index in [4.69, 9.17) is 32.7 Å². The van der Waals surface area contributed by atoms with Gasteiger partial charge in [0.25, 0.3) is 5.91 Å². The van der Waals surface area contributed by atoms with Gasteiger partial charge in [-0.05, 0) is 35.9 Å². The molecule has 2 aromatic carbocycles. The maximum atomic E-state index is 13.8. The highest BCUT2D eigenvalue weighted by molar-refractivity contribution is 6.32. The van der Waals surface area contributed by atoms with Crippen LogP contribution in [0, 0.1) is 0 Å². The zero-order valence-electron chi connectivity index (χ0n) is 16.4. The lowest BCUT2D eigenvalue weighted by Gasteiger charge is -2.14. The van der Waals surface area contributed by atoms with Crippen LogP contribution in [0.3, 0.4) is 0 Å². The first-order chi connectivity index (χ1) is 15.2. The maximum absolute atomic E-state index is 13.8. The van der Waals surface area contributed by atoms with Gasteiger partial charge in [0, 0.05) is 18.0 Å². The summed E-state index contributed by atoms with van der Waals surface area (Å²) in [5.74, 6) is -0.112. The molecule has 0 aliphatic carbocycles. The molecule has 0 spiro atoms. The lowest BCUT2D eigenvalue weighted by atomic mass is 10.1. The van der Waals surface area contributed by atoms with Crippen molar-refractivity contribution in [1.82, 2.24) is 15.1 Å². The minimum Gasteiger partial charge on any atom is -0.489 e. The van der Waals surface area contributed by atoms with Gasteiger partial charge in [-0.3, -0.25) is 4.79 Å². The molecule has 11 heteroatoms. The molecule has 0 radical (unpaired) electrons. The average molecular weight is 486 g/mol. The van der Waals surface area contributed by atoms with Gasteiger partial charge in [0.05, 0.1) is 35.7 Å². The minimum atomic E-state index is -4.83. The van der Waals surface area contributed by atoms with Crippen LogP contribution >= 0.6 is 23.2 Å². The van der Waals surface area contributed by atoms with Gasteiger partial charge in [0.15, 0.2) is 17.2 Å². The Morgan fingerprint density at radius 1 is 1.16 bits per heavy atom. The van der Waals surface area contributed by atoms with Gasteiger partial charge >= 0.3 is 6.18 Å². The summed E-state index contributed by atoms with van der Waals surface area (Å²) in [7, 11) is 0. The quantitative estimate of drug-likeness (QED) is 0.545. The number of nitrogens with zero attached hydrogens (tertiary/aromatic N) is 2. The first-order valence-corrected chi connectivity index (χ1v) is 10.3. The number of hydrogen-bond acceptors (Lipinski definition) is 4. The van der Waals surface area contributed by atoms with Gasteiger partial charge in [-0.25, -0.2) is 4.68 Å². The largest absolute Gasteiger partial charge is 0.489 e. The fraction of sp³-hybridized carbons (Fsp3) is 0.238. The van der Waals surface area contributed by atoms with Crippen LogP contribution < -0.4 is 14.8 Å². The van der Waals surface area contributed by atoms with E-state index in [-0.39, 0.29) is 17.3 Å². The van der Waals surface area contributed by atoms with Crippen molar-refractivity contribution in [1.29, 1.82) is 0 Å². The van der Waals surface area contributed by atoms with Crippen LogP contribution in [0.2, 0.25) is 10.0 Å². The Kier molecular flexibility index (Phi) is 6.21. The van der Waals surface area contributed by atoms with Crippen molar-refractivity contribution in [2.45, 2.75) is 19.1 Å². The van der Waals surface area contributed by atoms with Crippen molar-refractivity contribution >= 4 is 29.1 Å². The third-order valence-corrected chi connectivity index (χ3v) is 5.17. The van der Waals surface area contributed by atoms with E-state index in [0.29, 0.717) is 46.4 Å². The Bertz CT molecular complexity index is 1160. The van der Waals surface area contributed by atoms with Gasteiger partial charge < -0.3 is 14.8 Å². The Labute approximate surface area is 190 Å². The van der Waals surface area contributed by atoms with Crippen LogP contribution in [-0.2, 0) is 12.7 Å². The van der Waals surface area contributed by atoms with E-state index in [0.717, 1.165) is 6.20 Å². The molecule has 1 aliphatic heterocycles. The fourth-order valence-electron chi connectivity index (χ4n) is 3.25. The second-order valence-corrected chi connectivity index (χ2v) is 7.78. The van der Waals surface area contributed by atoms with Crippen LogP contribution in [0.15, 0.2) is 42.6 Å². The fourth-order valence-corrected chi connectivity index (χ4v) is 3.73. The Balaban J connectivity index is 1.59. The summed E-state index contributed by atoms with van der Waals surface area (Å²) in [6, 6.07) is 8.95. The molecule has 3 aromatic rings. The molecule has 0 saturated carbocycles. The number of ether oxygens (including phenoxy) is 2. The smallest absolute Gasteiger partial charge is 0.434 e. The summed E-state index contributed by atoms with van der Waals surface area (Å²) >= 11 is 12.1. The van der Waals surface area contributed by atoms with Gasteiger partial charge in [0.2, 0.25) is 0 Å². The minimum absolute atomic E-state index is 0.0746. The van der Waals surface area contributed by atoms with Crippen molar-refractivity contribution in [2.75, 3.05) is 13.2 Å². The summed E-state index contributed by atoms with van der Waals surface area (Å²) in [5.41, 5.74) is -1.19. The Morgan fingerprint density at radius 2 is 1.94 bits per heavy atom. The summed E-state index contributed by atoms with van der Waals surface area (Å²) < 4.78 is 53.2. The molecule has 1 amide bonds. The van der Waals surface area contributed by atoms with Gasteiger partial charge in [0.1, 0.15) is 0 Å². The van der Waals surface area contributed by atoms with E-state index in [9.17, 15) is 18.0 Å². The SMILES string of the molecule is O=C(NCc1cc(Cl)c2c(c1)OCCCO2)c1cnn(-c2cccc(Cl)c2)c1C(F)(F)F. The van der Waals surface area contributed by atoms with Crippen molar-refractivity contribution < 1.29 is 27.4 Å². The average Bonchev–Trinajstić information content (AvgIpc) is 3.06. The number of amides is 1. The Morgan fingerprint density at radius 3 is 2.69 bits per heavy atom. The molecule has 1 aliphatic rings. The van der Waals surface area contributed by atoms with E-state index in [1.807, 2.05) is 0 Å². The first kappa shape index (κ1) is 22.3. The predicted molar refractivity (Wildman–Crippen MR) is 112 cm³/mol. The van der Waals surface area contributed by atoms with Crippen LogP contribution in [-0.4, -0.2) is 28.9 Å². The monoisotopic (exact) mass is 485 g/mol. The number of rotatable bonds is 4. The molecule has 4 rings (SSSR count). The predicted octanol–water partition coefficient (Wildman–Crippen LogP) is 5.29. The van der Waals surface area contributed by atoms with Gasteiger partial charge in [-0.15, -0.1) is 0 Å². The number of hydrogen-bond donors (Lipinski definition) is 1. The van der Waals surface area contributed by atoms with Crippen LogP contribution in [0.1, 0.15) is 28.0 Å². The lowest BCUT2D eigenvalue weighted by Crippen LogP contribution is -2.26. The Hall–Kier alpha value is -2.91. The normalized spacial score (nSPS) is 13.5. The van der Waals surface area contributed by atoms with Crippen molar-refractivity contribution in [3.8, 4) is 17.2 Å². The molecule has 2 heterocycles. The van der Waals surface area contributed by atoms with E-state index in [1.165, 1.54) is 24.3 Å². The second kappa shape index (κ2) is 8.91. The van der Waals surface area contributed by atoms with E-state index >= 15 is 0 Å². The summed E-state index contributed by atoms with van der Waals surface area (Å²) in [4.78, 5) is 12.6. The zero-order chi connectivity index (χ0) is 22.9. The summed E-state index contributed by atoms with van der Waals surface area (Å²) in [5, 5.41) is 6.78. The lowest BCUT2D eigenvalue weighted by molar-refractivity contribution is -0.143. The number of halogens is 5. The third-order valence-electron chi connectivity index (χ3n) is 4.65. The molecule has 0 unspecified atom stereocenters. The second-order valence-electron chi connectivity index (χ2n) is 6.93. The van der Waals surface area contributed by atoms with Crippen molar-refractivity contribution in [2.24, 2.45) is 0 Å². The molecule has 1 N–H and O–H groups in total. The van der Waals surface area contributed by atoms with E-state index in [1.54, 1.807) is 12.1 Å². The number of benzene rings is 2. The highest BCUT2D eigenvalue weighted by Crippen LogP contribution is 2.38. The number of fused-ring (bicyclic) bond motifs is 1. The van der Waals surface area contributed by atoms with E-state index < -0.39 is 23.3 Å². The standard InChI is InChI=1S/C21H16Cl2F3N3O3/c22-13-3-1-4-14(9-13)29-19(21(24,25)26)15(11-28-29)20(30)27-10-12-7-16(23)18-17(8-12)31-5-2-6-32-18/h1,3-4,7-9,11H,2,5-6,10H2,(H,27,30). The molecule has 0 atom stereocenters. The molecular weight excluding hydrogens is 470 g/mol.